The summed E-state index contributed by atoms with van der Waals surface area (Å²) in [5, 5.41) is 0. The number of rotatable bonds is 3. The van der Waals surface area contributed by atoms with Crippen molar-refractivity contribution in [2.45, 2.75) is 33.2 Å². The van der Waals surface area contributed by atoms with Crippen LogP contribution in [0.25, 0.3) is 0 Å². The Morgan fingerprint density at radius 1 is 1.25 bits per heavy atom. The number of esters is 2. The van der Waals surface area contributed by atoms with Crippen LogP contribution in [-0.4, -0.2) is 31.2 Å². The van der Waals surface area contributed by atoms with Crippen molar-refractivity contribution in [1.29, 1.82) is 0 Å². The zero-order valence-corrected chi connectivity index (χ0v) is 12.4. The molecule has 0 radical (unpaired) electrons. The maximum atomic E-state index is 11.7. The fraction of sp³-hybridized carbons (Fsp3) is 0.500. The van der Waals surface area contributed by atoms with Gasteiger partial charge in [-0.2, -0.15) is 0 Å². The maximum absolute atomic E-state index is 11.7. The number of nitrogens with zero attached hydrogens (tertiary/aromatic N) is 1. The molecule has 0 spiro atoms. The van der Waals surface area contributed by atoms with Crippen LogP contribution in [0, 0.1) is 0 Å². The van der Waals surface area contributed by atoms with Gasteiger partial charge in [0, 0.05) is 12.1 Å². The Morgan fingerprint density at radius 3 is 2.40 bits per heavy atom. The van der Waals surface area contributed by atoms with Gasteiger partial charge in [-0.3, -0.25) is 0 Å². The summed E-state index contributed by atoms with van der Waals surface area (Å²) in [6.07, 6.45) is 0. The molecular weight excluding hydrogens is 262 g/mol. The van der Waals surface area contributed by atoms with E-state index < -0.39 is 17.5 Å². The minimum absolute atomic E-state index is 0.0854. The molecule has 0 saturated carbocycles. The van der Waals surface area contributed by atoms with Crippen molar-refractivity contribution in [3.63, 3.8) is 0 Å². The van der Waals surface area contributed by atoms with Crippen LogP contribution in [0.5, 0.6) is 0 Å². The van der Waals surface area contributed by atoms with Gasteiger partial charge in [0.05, 0.1) is 24.8 Å². The number of methoxy groups -OCH3 is 1. The van der Waals surface area contributed by atoms with E-state index in [9.17, 15) is 9.59 Å². The van der Waals surface area contributed by atoms with E-state index in [4.69, 9.17) is 9.15 Å². The number of hydrogen-bond acceptors (Lipinski definition) is 6. The average Bonchev–Trinajstić information content (AvgIpc) is 2.35. The first-order chi connectivity index (χ1) is 9.26. The molecule has 0 amide bonds. The number of carbonyl (C=O) groups is 2. The van der Waals surface area contributed by atoms with Crippen LogP contribution >= 0.6 is 0 Å². The fourth-order valence-corrected chi connectivity index (χ4v) is 1.41. The van der Waals surface area contributed by atoms with E-state index in [1.807, 2.05) is 20.8 Å². The third kappa shape index (κ3) is 4.53. The fourth-order valence-electron chi connectivity index (χ4n) is 1.41. The zero-order chi connectivity index (χ0) is 15.3. The topological polar surface area (TPSA) is 78.1 Å². The first-order valence-corrected chi connectivity index (χ1v) is 6.23. The van der Waals surface area contributed by atoms with Crippen molar-refractivity contribution in [2.75, 3.05) is 13.7 Å². The summed E-state index contributed by atoms with van der Waals surface area (Å²) in [7, 11) is 1.26. The first kappa shape index (κ1) is 15.9. The van der Waals surface area contributed by atoms with E-state index in [0.29, 0.717) is 0 Å². The van der Waals surface area contributed by atoms with Gasteiger partial charge in [-0.25, -0.2) is 14.6 Å². The van der Waals surface area contributed by atoms with E-state index >= 15 is 0 Å². The second-order valence-corrected chi connectivity index (χ2v) is 5.04. The Hall–Kier alpha value is -2.11. The van der Waals surface area contributed by atoms with Gasteiger partial charge >= 0.3 is 11.9 Å². The zero-order valence-electron chi connectivity index (χ0n) is 12.4. The highest BCUT2D eigenvalue weighted by Gasteiger charge is 2.16. The molecule has 20 heavy (non-hydrogen) atoms. The standard InChI is InChI=1S/C14H19NO5/c1-6-19-13(17)10-7-9(12(16)18-5)8-11(20-10)15-14(2,3)4/h7-8H,6H2,1-5H3. The van der Waals surface area contributed by atoms with Crippen molar-refractivity contribution < 1.29 is 23.5 Å². The van der Waals surface area contributed by atoms with E-state index in [1.165, 1.54) is 19.2 Å². The molecular formula is C14H19NO5. The van der Waals surface area contributed by atoms with Crippen LogP contribution in [0.15, 0.2) is 21.5 Å². The van der Waals surface area contributed by atoms with Crippen LogP contribution in [0.3, 0.4) is 0 Å². The van der Waals surface area contributed by atoms with Crippen LogP contribution in [0.2, 0.25) is 0 Å². The van der Waals surface area contributed by atoms with Gasteiger partial charge in [0.25, 0.3) is 0 Å². The molecule has 0 aliphatic heterocycles. The monoisotopic (exact) mass is 281 g/mol. The van der Waals surface area contributed by atoms with Crippen LogP contribution < -0.4 is 5.55 Å². The van der Waals surface area contributed by atoms with Gasteiger partial charge in [-0.05, 0) is 27.7 Å². The third-order valence-electron chi connectivity index (χ3n) is 2.12. The molecule has 0 aliphatic carbocycles. The molecule has 1 rings (SSSR count). The highest BCUT2D eigenvalue weighted by Crippen LogP contribution is 2.08. The maximum Gasteiger partial charge on any atom is 0.374 e. The molecule has 110 valence electrons. The summed E-state index contributed by atoms with van der Waals surface area (Å²) in [5.41, 5.74) is -0.0577. The molecule has 0 unspecified atom stereocenters. The number of ether oxygens (including phenoxy) is 2. The molecule has 0 fully saturated rings. The molecule has 6 heteroatoms. The molecule has 6 nitrogen and oxygen atoms in total. The summed E-state index contributed by atoms with van der Waals surface area (Å²) in [6.45, 7) is 7.51. The van der Waals surface area contributed by atoms with Crippen LogP contribution in [0.4, 0.5) is 0 Å². The van der Waals surface area contributed by atoms with Gasteiger partial charge in [0.2, 0.25) is 11.3 Å². The molecule has 1 heterocycles. The number of hydrogen-bond donors (Lipinski definition) is 0. The molecule has 0 saturated heterocycles. The second-order valence-electron chi connectivity index (χ2n) is 5.04. The Labute approximate surface area is 117 Å². The quantitative estimate of drug-likeness (QED) is 0.791. The smallest absolute Gasteiger partial charge is 0.374 e. The van der Waals surface area contributed by atoms with Crippen molar-refractivity contribution >= 4 is 11.9 Å². The largest absolute Gasteiger partial charge is 0.465 e. The Balaban J connectivity index is 3.40. The van der Waals surface area contributed by atoms with Gasteiger partial charge in [-0.1, -0.05) is 0 Å². The molecule has 0 aromatic carbocycles. The minimum Gasteiger partial charge on any atom is -0.465 e. The Bertz CT molecular complexity index is 566. The lowest BCUT2D eigenvalue weighted by Gasteiger charge is -2.11. The van der Waals surface area contributed by atoms with E-state index in [-0.39, 0.29) is 23.5 Å². The molecule has 1 aromatic heterocycles. The Kier molecular flexibility index (Phi) is 5.07. The lowest BCUT2D eigenvalue weighted by atomic mass is 10.1. The van der Waals surface area contributed by atoms with Crippen molar-refractivity contribution in [3.05, 3.63) is 29.0 Å². The van der Waals surface area contributed by atoms with Crippen molar-refractivity contribution in [3.8, 4) is 0 Å². The average molecular weight is 281 g/mol. The normalized spacial score (nSPS) is 12.2. The molecule has 0 N–H and O–H groups in total. The first-order valence-electron chi connectivity index (χ1n) is 6.23. The van der Waals surface area contributed by atoms with Crippen molar-refractivity contribution in [1.82, 2.24) is 0 Å². The molecule has 0 aliphatic rings. The SMILES string of the molecule is CCOC(=O)c1cc(C(=O)OC)cc(=NC(C)(C)C)o1. The predicted molar refractivity (Wildman–Crippen MR) is 71.3 cm³/mol. The summed E-state index contributed by atoms with van der Waals surface area (Å²) in [5.74, 6) is -1.31. The lowest BCUT2D eigenvalue weighted by molar-refractivity contribution is 0.0482. The van der Waals surface area contributed by atoms with Crippen LogP contribution in [0.1, 0.15) is 48.6 Å². The van der Waals surface area contributed by atoms with Crippen molar-refractivity contribution in [2.24, 2.45) is 4.99 Å². The van der Waals surface area contributed by atoms with E-state index in [1.54, 1.807) is 6.92 Å². The highest BCUT2D eigenvalue weighted by atomic mass is 16.5. The van der Waals surface area contributed by atoms with Gasteiger partial charge in [0.15, 0.2) is 0 Å². The second kappa shape index (κ2) is 6.36. The highest BCUT2D eigenvalue weighted by molar-refractivity contribution is 5.93. The van der Waals surface area contributed by atoms with E-state index in [2.05, 4.69) is 9.73 Å². The Morgan fingerprint density at radius 2 is 1.90 bits per heavy atom. The van der Waals surface area contributed by atoms with Gasteiger partial charge in [-0.15, -0.1) is 0 Å². The summed E-state index contributed by atoms with van der Waals surface area (Å²) in [4.78, 5) is 27.6. The predicted octanol–water partition coefficient (Wildman–Crippen LogP) is 1.94. The van der Waals surface area contributed by atoms with Crippen LogP contribution in [-0.2, 0) is 9.47 Å². The van der Waals surface area contributed by atoms with Gasteiger partial charge in [0.1, 0.15) is 0 Å². The van der Waals surface area contributed by atoms with E-state index in [0.717, 1.165) is 0 Å². The summed E-state index contributed by atoms with van der Waals surface area (Å²) >= 11 is 0. The third-order valence-corrected chi connectivity index (χ3v) is 2.12. The summed E-state index contributed by atoms with van der Waals surface area (Å²) < 4.78 is 14.9. The molecule has 0 bridgehead atoms. The molecule has 0 atom stereocenters. The summed E-state index contributed by atoms with van der Waals surface area (Å²) in [6, 6.07) is 2.71. The molecule has 1 aromatic rings. The number of carbonyl (C=O) groups excluding carboxylic acids is 2. The lowest BCUT2D eigenvalue weighted by Crippen LogP contribution is -2.20. The minimum atomic E-state index is -0.649. The van der Waals surface area contributed by atoms with Gasteiger partial charge < -0.3 is 13.9 Å².